The highest BCUT2D eigenvalue weighted by Crippen LogP contribution is 2.29. The van der Waals surface area contributed by atoms with Crippen LogP contribution in [0.5, 0.6) is 0 Å². The molecule has 0 N–H and O–H groups in total. The van der Waals surface area contributed by atoms with Crippen molar-refractivity contribution in [2.75, 3.05) is 6.61 Å². The lowest BCUT2D eigenvalue weighted by molar-refractivity contribution is 0.0534. The Morgan fingerprint density at radius 3 is 2.20 bits per heavy atom. The van der Waals surface area contributed by atoms with Crippen LogP contribution in [0.2, 0.25) is 10.3 Å². The van der Waals surface area contributed by atoms with Gasteiger partial charge in [0.1, 0.15) is 16.4 Å². The highest BCUT2D eigenvalue weighted by Gasteiger charge is 2.16. The molecule has 84 valence electrons. The minimum atomic E-state index is -0.155. The SMILES string of the molecule is CCOC(CC)c1nc(Cl)c(Br)c(Cl)n1. The van der Waals surface area contributed by atoms with E-state index in [1.807, 2.05) is 13.8 Å². The predicted octanol–water partition coefficient (Wildman–Crippen LogP) is 4.03. The van der Waals surface area contributed by atoms with E-state index in [1.165, 1.54) is 0 Å². The van der Waals surface area contributed by atoms with Gasteiger partial charge < -0.3 is 4.74 Å². The first-order valence-electron chi connectivity index (χ1n) is 4.60. The van der Waals surface area contributed by atoms with Crippen LogP contribution in [0.3, 0.4) is 0 Å². The van der Waals surface area contributed by atoms with Gasteiger partial charge in [-0.15, -0.1) is 0 Å². The van der Waals surface area contributed by atoms with Crippen molar-refractivity contribution >= 4 is 39.1 Å². The largest absolute Gasteiger partial charge is 0.371 e. The van der Waals surface area contributed by atoms with Gasteiger partial charge in [0.15, 0.2) is 5.82 Å². The van der Waals surface area contributed by atoms with E-state index in [-0.39, 0.29) is 6.10 Å². The van der Waals surface area contributed by atoms with Crippen LogP contribution in [0.25, 0.3) is 0 Å². The Morgan fingerprint density at radius 2 is 1.80 bits per heavy atom. The van der Waals surface area contributed by atoms with Crippen LogP contribution in [-0.2, 0) is 4.74 Å². The zero-order valence-electron chi connectivity index (χ0n) is 8.43. The maximum atomic E-state index is 5.88. The topological polar surface area (TPSA) is 35.0 Å². The van der Waals surface area contributed by atoms with Crippen molar-refractivity contribution in [2.24, 2.45) is 0 Å². The maximum absolute atomic E-state index is 5.88. The molecule has 0 radical (unpaired) electrons. The summed E-state index contributed by atoms with van der Waals surface area (Å²) >= 11 is 15.0. The summed E-state index contributed by atoms with van der Waals surface area (Å²) < 4.78 is 5.98. The van der Waals surface area contributed by atoms with Crippen LogP contribution < -0.4 is 0 Å². The van der Waals surface area contributed by atoms with Crippen molar-refractivity contribution in [3.05, 3.63) is 20.6 Å². The first-order chi connectivity index (χ1) is 7.10. The van der Waals surface area contributed by atoms with E-state index in [4.69, 9.17) is 27.9 Å². The molecule has 1 unspecified atom stereocenters. The van der Waals surface area contributed by atoms with Gasteiger partial charge in [-0.1, -0.05) is 30.1 Å². The van der Waals surface area contributed by atoms with Crippen LogP contribution in [0.4, 0.5) is 0 Å². The summed E-state index contributed by atoms with van der Waals surface area (Å²) in [5, 5.41) is 0.617. The Kier molecular flexibility index (Phi) is 5.26. The molecule has 0 amide bonds. The summed E-state index contributed by atoms with van der Waals surface area (Å²) in [4.78, 5) is 8.24. The third kappa shape index (κ3) is 3.28. The van der Waals surface area contributed by atoms with E-state index in [1.54, 1.807) is 0 Å². The Balaban J connectivity index is 3.03. The zero-order valence-corrected chi connectivity index (χ0v) is 11.5. The molecule has 0 saturated heterocycles. The molecule has 0 spiro atoms. The maximum Gasteiger partial charge on any atom is 0.160 e. The second-order valence-corrected chi connectivity index (χ2v) is 4.34. The van der Waals surface area contributed by atoms with Crippen LogP contribution >= 0.6 is 39.1 Å². The Labute approximate surface area is 107 Å². The molecule has 0 aliphatic carbocycles. The Bertz CT molecular complexity index is 326. The van der Waals surface area contributed by atoms with E-state index in [9.17, 15) is 0 Å². The molecule has 1 aromatic rings. The van der Waals surface area contributed by atoms with E-state index in [0.29, 0.717) is 27.2 Å². The van der Waals surface area contributed by atoms with Crippen molar-refractivity contribution in [1.82, 2.24) is 9.97 Å². The molecule has 3 nitrogen and oxygen atoms in total. The van der Waals surface area contributed by atoms with E-state index < -0.39 is 0 Å². The first kappa shape index (κ1) is 13.2. The number of hydrogen-bond donors (Lipinski definition) is 0. The third-order valence-electron chi connectivity index (χ3n) is 1.81. The highest BCUT2D eigenvalue weighted by molar-refractivity contribution is 9.10. The first-order valence-corrected chi connectivity index (χ1v) is 6.15. The lowest BCUT2D eigenvalue weighted by Crippen LogP contribution is -2.08. The molecule has 0 bridgehead atoms. The number of halogens is 3. The molecule has 0 aliphatic rings. The van der Waals surface area contributed by atoms with Crippen LogP contribution in [-0.4, -0.2) is 16.6 Å². The van der Waals surface area contributed by atoms with E-state index in [0.717, 1.165) is 6.42 Å². The van der Waals surface area contributed by atoms with Crippen molar-refractivity contribution < 1.29 is 4.74 Å². The standard InChI is InChI=1S/C9H11BrCl2N2O/c1-3-5(15-4-2)9-13-7(11)6(10)8(12)14-9/h5H,3-4H2,1-2H3. The monoisotopic (exact) mass is 312 g/mol. The molecule has 1 heterocycles. The van der Waals surface area contributed by atoms with Gasteiger partial charge in [-0.2, -0.15) is 0 Å². The quantitative estimate of drug-likeness (QED) is 0.787. The van der Waals surface area contributed by atoms with Crippen molar-refractivity contribution in [3.63, 3.8) is 0 Å². The average Bonchev–Trinajstić information content (AvgIpc) is 2.22. The van der Waals surface area contributed by atoms with Crippen molar-refractivity contribution in [3.8, 4) is 0 Å². The van der Waals surface area contributed by atoms with Gasteiger partial charge in [0.2, 0.25) is 0 Å². The van der Waals surface area contributed by atoms with Crippen LogP contribution in [0.1, 0.15) is 32.2 Å². The van der Waals surface area contributed by atoms with Crippen LogP contribution in [0.15, 0.2) is 4.47 Å². The summed E-state index contributed by atoms with van der Waals surface area (Å²) in [6.07, 6.45) is 0.625. The molecule has 0 fully saturated rings. The lowest BCUT2D eigenvalue weighted by Gasteiger charge is -2.14. The van der Waals surface area contributed by atoms with E-state index >= 15 is 0 Å². The number of hydrogen-bond acceptors (Lipinski definition) is 3. The van der Waals surface area contributed by atoms with Gasteiger partial charge in [0, 0.05) is 6.61 Å². The van der Waals surface area contributed by atoms with Gasteiger partial charge in [0.05, 0.1) is 4.47 Å². The van der Waals surface area contributed by atoms with Gasteiger partial charge in [0.25, 0.3) is 0 Å². The van der Waals surface area contributed by atoms with Crippen molar-refractivity contribution in [2.45, 2.75) is 26.4 Å². The third-order valence-corrected chi connectivity index (χ3v) is 3.57. The average molecular weight is 314 g/mol. The summed E-state index contributed by atoms with van der Waals surface area (Å²) in [5.74, 6) is 0.526. The molecule has 1 aromatic heterocycles. The zero-order chi connectivity index (χ0) is 11.4. The predicted molar refractivity (Wildman–Crippen MR) is 64.4 cm³/mol. The fourth-order valence-electron chi connectivity index (χ4n) is 1.13. The Hall–Kier alpha value is 0.1000. The number of nitrogens with zero attached hydrogens (tertiary/aromatic N) is 2. The normalized spacial score (nSPS) is 12.9. The smallest absolute Gasteiger partial charge is 0.160 e. The minimum absolute atomic E-state index is 0.155. The van der Waals surface area contributed by atoms with Crippen LogP contribution in [0, 0.1) is 0 Å². The van der Waals surface area contributed by atoms with E-state index in [2.05, 4.69) is 25.9 Å². The second kappa shape index (κ2) is 5.99. The number of aromatic nitrogens is 2. The molecule has 1 atom stereocenters. The Morgan fingerprint density at radius 1 is 1.27 bits per heavy atom. The summed E-state index contributed by atoms with van der Waals surface area (Å²) in [6.45, 7) is 4.52. The minimum Gasteiger partial charge on any atom is -0.371 e. The molecule has 6 heteroatoms. The molecule has 0 saturated carbocycles. The molecule has 15 heavy (non-hydrogen) atoms. The van der Waals surface area contributed by atoms with Gasteiger partial charge in [-0.3, -0.25) is 0 Å². The molecule has 0 aromatic carbocycles. The van der Waals surface area contributed by atoms with Gasteiger partial charge in [-0.05, 0) is 29.3 Å². The van der Waals surface area contributed by atoms with Gasteiger partial charge >= 0.3 is 0 Å². The fraction of sp³-hybridized carbons (Fsp3) is 0.556. The lowest BCUT2D eigenvalue weighted by atomic mass is 10.2. The molecular weight excluding hydrogens is 303 g/mol. The molecule has 0 aliphatic heterocycles. The summed E-state index contributed by atoms with van der Waals surface area (Å²) in [7, 11) is 0. The highest BCUT2D eigenvalue weighted by atomic mass is 79.9. The second-order valence-electron chi connectivity index (χ2n) is 2.83. The van der Waals surface area contributed by atoms with Gasteiger partial charge in [-0.25, -0.2) is 9.97 Å². The summed E-state index contributed by atoms with van der Waals surface area (Å²) in [6, 6.07) is 0. The molecular formula is C9H11BrCl2N2O. The fourth-order valence-corrected chi connectivity index (χ4v) is 1.71. The molecule has 1 rings (SSSR count). The summed E-state index contributed by atoms with van der Waals surface area (Å²) in [5.41, 5.74) is 0. The van der Waals surface area contributed by atoms with Crippen molar-refractivity contribution in [1.29, 1.82) is 0 Å². The number of rotatable bonds is 4. The number of ether oxygens (including phenoxy) is 1.